The molecule has 1 aromatic rings. The van der Waals surface area contributed by atoms with E-state index in [1.807, 2.05) is 6.07 Å². The molecular formula is C11H13Cl2NO. The summed E-state index contributed by atoms with van der Waals surface area (Å²) in [6.45, 7) is 1.57. The smallest absolute Gasteiger partial charge is 0.147 e. The second kappa shape index (κ2) is 5.50. The number of ketones is 1. The highest BCUT2D eigenvalue weighted by atomic mass is 35.5. The van der Waals surface area contributed by atoms with E-state index in [9.17, 15) is 4.79 Å². The molecule has 0 fully saturated rings. The maximum absolute atomic E-state index is 11.2. The van der Waals surface area contributed by atoms with Gasteiger partial charge in [0.15, 0.2) is 0 Å². The van der Waals surface area contributed by atoms with Crippen LogP contribution < -0.4 is 5.32 Å². The van der Waals surface area contributed by atoms with Gasteiger partial charge in [0.2, 0.25) is 0 Å². The standard InChI is InChI=1S/C11H13Cl2NO/c1-7(15)11(14-2)6-8-3-4-9(12)10(13)5-8/h3-5,11,14H,6H2,1-2H3/t11-/m0/s1. The Morgan fingerprint density at radius 3 is 2.53 bits per heavy atom. The summed E-state index contributed by atoms with van der Waals surface area (Å²) in [6, 6.07) is 5.24. The van der Waals surface area contributed by atoms with Crippen molar-refractivity contribution in [3.8, 4) is 0 Å². The molecule has 15 heavy (non-hydrogen) atoms. The molecule has 1 atom stereocenters. The largest absolute Gasteiger partial charge is 0.310 e. The monoisotopic (exact) mass is 245 g/mol. The zero-order valence-corrected chi connectivity index (χ0v) is 10.2. The molecule has 1 rings (SSSR count). The van der Waals surface area contributed by atoms with E-state index in [0.717, 1.165) is 5.56 Å². The van der Waals surface area contributed by atoms with Gasteiger partial charge < -0.3 is 5.32 Å². The molecule has 0 heterocycles. The van der Waals surface area contributed by atoms with Crippen molar-refractivity contribution in [1.29, 1.82) is 0 Å². The molecule has 0 amide bonds. The predicted molar refractivity (Wildman–Crippen MR) is 63.7 cm³/mol. The van der Waals surface area contributed by atoms with Crippen LogP contribution in [0.5, 0.6) is 0 Å². The molecule has 0 saturated carbocycles. The number of hydrogen-bond acceptors (Lipinski definition) is 2. The van der Waals surface area contributed by atoms with Crippen LogP contribution >= 0.6 is 23.2 Å². The Hall–Kier alpha value is -0.570. The van der Waals surface area contributed by atoms with Gasteiger partial charge in [-0.05, 0) is 38.1 Å². The zero-order chi connectivity index (χ0) is 11.4. The van der Waals surface area contributed by atoms with E-state index in [0.29, 0.717) is 16.5 Å². The summed E-state index contributed by atoms with van der Waals surface area (Å²) in [5.74, 6) is 0.114. The maximum Gasteiger partial charge on any atom is 0.147 e. The average Bonchev–Trinajstić information content (AvgIpc) is 2.19. The van der Waals surface area contributed by atoms with E-state index in [-0.39, 0.29) is 11.8 Å². The van der Waals surface area contributed by atoms with Crippen LogP contribution in [0.15, 0.2) is 18.2 Å². The minimum Gasteiger partial charge on any atom is -0.310 e. The van der Waals surface area contributed by atoms with Gasteiger partial charge in [0, 0.05) is 0 Å². The number of likely N-dealkylation sites (N-methyl/N-ethyl adjacent to an activating group) is 1. The highest BCUT2D eigenvalue weighted by Crippen LogP contribution is 2.23. The summed E-state index contributed by atoms with van der Waals surface area (Å²) in [4.78, 5) is 11.2. The molecule has 82 valence electrons. The predicted octanol–water partition coefficient (Wildman–Crippen LogP) is 2.71. The Morgan fingerprint density at radius 1 is 1.40 bits per heavy atom. The number of benzene rings is 1. The lowest BCUT2D eigenvalue weighted by Crippen LogP contribution is -2.34. The lowest BCUT2D eigenvalue weighted by molar-refractivity contribution is -0.118. The van der Waals surface area contributed by atoms with Crippen LogP contribution in [0, 0.1) is 0 Å². The Labute approximate surface area is 99.6 Å². The summed E-state index contributed by atoms with van der Waals surface area (Å²) >= 11 is 11.7. The average molecular weight is 246 g/mol. The van der Waals surface area contributed by atoms with Crippen molar-refractivity contribution in [1.82, 2.24) is 5.32 Å². The van der Waals surface area contributed by atoms with E-state index in [1.54, 1.807) is 26.1 Å². The van der Waals surface area contributed by atoms with Gasteiger partial charge in [-0.3, -0.25) is 4.79 Å². The van der Waals surface area contributed by atoms with Crippen LogP contribution in [-0.4, -0.2) is 18.9 Å². The Bertz CT molecular complexity index is 366. The summed E-state index contributed by atoms with van der Waals surface area (Å²) in [5.41, 5.74) is 0.999. The van der Waals surface area contributed by atoms with Crippen LogP contribution in [0.3, 0.4) is 0 Å². The number of carbonyl (C=O) groups excluding carboxylic acids is 1. The minimum absolute atomic E-state index is 0.114. The van der Waals surface area contributed by atoms with Gasteiger partial charge in [-0.15, -0.1) is 0 Å². The summed E-state index contributed by atoms with van der Waals surface area (Å²) in [5, 5.41) is 4.01. The second-order valence-corrected chi connectivity index (χ2v) is 4.22. The van der Waals surface area contributed by atoms with Crippen molar-refractivity contribution in [3.63, 3.8) is 0 Å². The van der Waals surface area contributed by atoms with E-state index >= 15 is 0 Å². The SMILES string of the molecule is CN[C@@H](Cc1ccc(Cl)c(Cl)c1)C(C)=O. The topological polar surface area (TPSA) is 29.1 Å². The van der Waals surface area contributed by atoms with Crippen LogP contribution in [0.25, 0.3) is 0 Å². The fourth-order valence-electron chi connectivity index (χ4n) is 1.35. The molecule has 0 aliphatic heterocycles. The molecule has 1 N–H and O–H groups in total. The van der Waals surface area contributed by atoms with Crippen LogP contribution in [0.4, 0.5) is 0 Å². The van der Waals surface area contributed by atoms with Crippen molar-refractivity contribution in [3.05, 3.63) is 33.8 Å². The van der Waals surface area contributed by atoms with Crippen molar-refractivity contribution < 1.29 is 4.79 Å². The van der Waals surface area contributed by atoms with Crippen molar-refractivity contribution in [2.24, 2.45) is 0 Å². The third-order valence-corrected chi connectivity index (χ3v) is 3.00. The van der Waals surface area contributed by atoms with Crippen LogP contribution in [0.2, 0.25) is 10.0 Å². The molecule has 0 bridgehead atoms. The fraction of sp³-hybridized carbons (Fsp3) is 0.364. The van der Waals surface area contributed by atoms with E-state index in [1.165, 1.54) is 0 Å². The molecule has 0 aliphatic rings. The Balaban J connectivity index is 2.80. The highest BCUT2D eigenvalue weighted by Gasteiger charge is 2.12. The molecule has 0 unspecified atom stereocenters. The number of nitrogens with one attached hydrogen (secondary N) is 1. The summed E-state index contributed by atoms with van der Waals surface area (Å²) < 4.78 is 0. The molecule has 0 aliphatic carbocycles. The number of Topliss-reactive ketones (excluding diaryl/α,β-unsaturated/α-hetero) is 1. The van der Waals surface area contributed by atoms with Gasteiger partial charge in [0.1, 0.15) is 5.78 Å². The Kier molecular flexibility index (Phi) is 4.58. The molecule has 0 spiro atoms. The molecule has 0 saturated heterocycles. The third-order valence-electron chi connectivity index (χ3n) is 2.26. The van der Waals surface area contributed by atoms with E-state index < -0.39 is 0 Å². The summed E-state index contributed by atoms with van der Waals surface area (Å²) in [6.07, 6.45) is 0.628. The van der Waals surface area contributed by atoms with Gasteiger partial charge in [-0.2, -0.15) is 0 Å². The normalized spacial score (nSPS) is 12.5. The zero-order valence-electron chi connectivity index (χ0n) is 8.68. The van der Waals surface area contributed by atoms with E-state index in [4.69, 9.17) is 23.2 Å². The number of rotatable bonds is 4. The maximum atomic E-state index is 11.2. The lowest BCUT2D eigenvalue weighted by Gasteiger charge is -2.12. The van der Waals surface area contributed by atoms with Gasteiger partial charge in [0.05, 0.1) is 16.1 Å². The number of halogens is 2. The molecular weight excluding hydrogens is 233 g/mol. The molecule has 2 nitrogen and oxygen atoms in total. The molecule has 1 aromatic carbocycles. The van der Waals surface area contributed by atoms with Crippen LogP contribution in [-0.2, 0) is 11.2 Å². The molecule has 0 radical (unpaired) electrons. The second-order valence-electron chi connectivity index (χ2n) is 3.40. The third kappa shape index (κ3) is 3.49. The quantitative estimate of drug-likeness (QED) is 0.884. The van der Waals surface area contributed by atoms with Crippen LogP contribution in [0.1, 0.15) is 12.5 Å². The fourth-order valence-corrected chi connectivity index (χ4v) is 1.67. The minimum atomic E-state index is -0.165. The first kappa shape index (κ1) is 12.5. The summed E-state index contributed by atoms with van der Waals surface area (Å²) in [7, 11) is 1.77. The highest BCUT2D eigenvalue weighted by molar-refractivity contribution is 6.42. The first-order chi connectivity index (χ1) is 7.04. The van der Waals surface area contributed by atoms with Gasteiger partial charge in [-0.25, -0.2) is 0 Å². The van der Waals surface area contributed by atoms with Crippen molar-refractivity contribution in [2.75, 3.05) is 7.05 Å². The Morgan fingerprint density at radius 2 is 2.07 bits per heavy atom. The number of carbonyl (C=O) groups is 1. The number of hydrogen-bond donors (Lipinski definition) is 1. The van der Waals surface area contributed by atoms with Gasteiger partial charge >= 0.3 is 0 Å². The first-order valence-electron chi connectivity index (χ1n) is 4.66. The van der Waals surface area contributed by atoms with E-state index in [2.05, 4.69) is 5.32 Å². The first-order valence-corrected chi connectivity index (χ1v) is 5.42. The van der Waals surface area contributed by atoms with Gasteiger partial charge in [0.25, 0.3) is 0 Å². The lowest BCUT2D eigenvalue weighted by atomic mass is 10.0. The van der Waals surface area contributed by atoms with Crippen molar-refractivity contribution in [2.45, 2.75) is 19.4 Å². The molecule has 4 heteroatoms. The van der Waals surface area contributed by atoms with Gasteiger partial charge in [-0.1, -0.05) is 29.3 Å². The molecule has 0 aromatic heterocycles. The van der Waals surface area contributed by atoms with Crippen molar-refractivity contribution >= 4 is 29.0 Å².